The fourth-order valence-corrected chi connectivity index (χ4v) is 8.91. The molecule has 2 aromatic rings. The van der Waals surface area contributed by atoms with Crippen molar-refractivity contribution in [1.82, 2.24) is 5.32 Å². The molecule has 7 atom stereocenters. The van der Waals surface area contributed by atoms with E-state index in [9.17, 15) is 14.4 Å². The summed E-state index contributed by atoms with van der Waals surface area (Å²) in [6.07, 6.45) is 10.7. The first-order valence-electron chi connectivity index (χ1n) is 14.9. The van der Waals surface area contributed by atoms with Gasteiger partial charge in [0.25, 0.3) is 0 Å². The first kappa shape index (κ1) is 26.9. The molecule has 1 aliphatic heterocycles. The van der Waals surface area contributed by atoms with E-state index in [-0.39, 0.29) is 41.0 Å². The molecule has 7 heteroatoms. The molecular weight excluding hydrogens is 504 g/mol. The highest BCUT2D eigenvalue weighted by Gasteiger charge is 2.60. The van der Waals surface area contributed by atoms with E-state index in [1.165, 1.54) is 0 Å². The number of fused-ring (bicyclic) bond motifs is 6. The van der Waals surface area contributed by atoms with Crippen molar-refractivity contribution < 1.29 is 24.2 Å². The van der Waals surface area contributed by atoms with Crippen LogP contribution in [0.2, 0.25) is 0 Å². The van der Waals surface area contributed by atoms with Gasteiger partial charge in [-0.2, -0.15) is 0 Å². The summed E-state index contributed by atoms with van der Waals surface area (Å²) in [6.45, 7) is 5.01. The van der Waals surface area contributed by atoms with Crippen molar-refractivity contribution in [3.8, 4) is 5.75 Å². The SMILES string of the molecule is C[C@]12C=CC(=O)N[C@@H]1CC[C@@H]1[C@@H]2CC[C@]2(C)[C@@H](C(=O)Nc3cccc4c(OCCCC(=O)O)cccc34)CC[C@@H]12. The number of carboxylic acids is 1. The summed E-state index contributed by atoms with van der Waals surface area (Å²) in [6, 6.07) is 11.9. The van der Waals surface area contributed by atoms with Gasteiger partial charge in [0.1, 0.15) is 5.75 Å². The third kappa shape index (κ3) is 4.47. The molecule has 40 heavy (non-hydrogen) atoms. The van der Waals surface area contributed by atoms with Gasteiger partial charge < -0.3 is 20.5 Å². The van der Waals surface area contributed by atoms with Crippen LogP contribution in [-0.4, -0.2) is 35.5 Å². The Kier molecular flexibility index (Phi) is 6.87. The van der Waals surface area contributed by atoms with Gasteiger partial charge in [0.15, 0.2) is 0 Å². The van der Waals surface area contributed by atoms with Crippen molar-refractivity contribution in [3.63, 3.8) is 0 Å². The lowest BCUT2D eigenvalue weighted by Crippen LogP contribution is -2.59. The number of benzene rings is 2. The van der Waals surface area contributed by atoms with Gasteiger partial charge in [-0.1, -0.05) is 44.2 Å². The number of aliphatic carboxylic acids is 1. The Bertz CT molecular complexity index is 1370. The molecule has 0 bridgehead atoms. The Balaban J connectivity index is 1.19. The zero-order valence-corrected chi connectivity index (χ0v) is 23.4. The second-order valence-corrected chi connectivity index (χ2v) is 12.9. The highest BCUT2D eigenvalue weighted by Crippen LogP contribution is 2.65. The quantitative estimate of drug-likeness (QED) is 0.375. The molecule has 2 aromatic carbocycles. The normalized spacial score (nSPS) is 34.4. The van der Waals surface area contributed by atoms with Crippen LogP contribution in [0.15, 0.2) is 48.6 Å². The first-order valence-corrected chi connectivity index (χ1v) is 14.9. The van der Waals surface area contributed by atoms with E-state index in [1.807, 2.05) is 36.4 Å². The maximum atomic E-state index is 13.9. The molecule has 7 nitrogen and oxygen atoms in total. The van der Waals surface area contributed by atoms with Crippen molar-refractivity contribution in [1.29, 1.82) is 0 Å². The standard InChI is InChI=1S/C33H40N2O5/c1-32-17-15-24-22(11-14-28-33(24,2)18-16-29(36)35-28)23(32)12-13-25(32)31(39)34-26-8-3-7-21-20(26)6-4-9-27(21)40-19-5-10-30(37)38/h3-4,6-9,16,18,22-25,28H,5,10-15,17,19H2,1-2H3,(H,34,39)(H,35,36)(H,37,38)/t22-,23-,24-,25+,28+,32-,33+/m0/s1. The lowest BCUT2D eigenvalue weighted by Gasteiger charge is -2.58. The van der Waals surface area contributed by atoms with Gasteiger partial charge >= 0.3 is 5.97 Å². The molecule has 0 aromatic heterocycles. The molecule has 0 spiro atoms. The third-order valence-electron chi connectivity index (χ3n) is 10.9. The summed E-state index contributed by atoms with van der Waals surface area (Å²) in [4.78, 5) is 36.8. The van der Waals surface area contributed by atoms with Gasteiger partial charge in [0.2, 0.25) is 11.8 Å². The zero-order chi connectivity index (χ0) is 28.1. The second kappa shape index (κ2) is 10.2. The molecule has 212 valence electrons. The van der Waals surface area contributed by atoms with Crippen LogP contribution in [0.4, 0.5) is 5.69 Å². The van der Waals surface area contributed by atoms with E-state index in [1.54, 1.807) is 6.08 Å². The summed E-state index contributed by atoms with van der Waals surface area (Å²) < 4.78 is 5.91. The van der Waals surface area contributed by atoms with Crippen molar-refractivity contribution in [2.45, 2.75) is 71.3 Å². The topological polar surface area (TPSA) is 105 Å². The summed E-state index contributed by atoms with van der Waals surface area (Å²) in [5.74, 6) is 1.61. The van der Waals surface area contributed by atoms with E-state index in [0.29, 0.717) is 36.5 Å². The predicted molar refractivity (Wildman–Crippen MR) is 154 cm³/mol. The van der Waals surface area contributed by atoms with Crippen molar-refractivity contribution in [3.05, 3.63) is 48.6 Å². The number of amides is 2. The Morgan fingerprint density at radius 1 is 1.02 bits per heavy atom. The third-order valence-corrected chi connectivity index (χ3v) is 10.9. The first-order chi connectivity index (χ1) is 19.2. The number of anilines is 1. The molecule has 0 radical (unpaired) electrons. The average Bonchev–Trinajstić information content (AvgIpc) is 3.29. The van der Waals surface area contributed by atoms with Gasteiger partial charge in [0, 0.05) is 40.3 Å². The number of carboxylic acid groups (broad SMARTS) is 1. The number of nitrogens with one attached hydrogen (secondary N) is 2. The number of hydrogen-bond acceptors (Lipinski definition) is 4. The van der Waals surface area contributed by atoms with E-state index in [0.717, 1.165) is 55.0 Å². The molecular formula is C33H40N2O5. The Morgan fingerprint density at radius 2 is 1.82 bits per heavy atom. The Hall–Kier alpha value is -3.35. The monoisotopic (exact) mass is 544 g/mol. The number of hydrogen-bond donors (Lipinski definition) is 3. The predicted octanol–water partition coefficient (Wildman–Crippen LogP) is 5.94. The highest BCUT2D eigenvalue weighted by molar-refractivity contribution is 6.04. The largest absolute Gasteiger partial charge is 0.493 e. The van der Waals surface area contributed by atoms with Crippen LogP contribution in [-0.2, 0) is 14.4 Å². The average molecular weight is 545 g/mol. The number of rotatable bonds is 7. The number of carbonyl (C=O) groups is 3. The maximum absolute atomic E-state index is 13.9. The molecule has 1 heterocycles. The summed E-state index contributed by atoms with van der Waals surface area (Å²) in [5.41, 5.74) is 0.754. The minimum absolute atomic E-state index is 0.00510. The fourth-order valence-electron chi connectivity index (χ4n) is 8.91. The number of ether oxygens (including phenoxy) is 1. The molecule has 2 amide bonds. The van der Waals surface area contributed by atoms with Crippen LogP contribution < -0.4 is 15.4 Å². The zero-order valence-electron chi connectivity index (χ0n) is 23.4. The lowest BCUT2D eigenvalue weighted by molar-refractivity contribution is -0.137. The minimum Gasteiger partial charge on any atom is -0.493 e. The van der Waals surface area contributed by atoms with E-state index in [2.05, 4.69) is 30.6 Å². The van der Waals surface area contributed by atoms with Crippen molar-refractivity contribution in [2.24, 2.45) is 34.5 Å². The summed E-state index contributed by atoms with van der Waals surface area (Å²) in [7, 11) is 0. The van der Waals surface area contributed by atoms with E-state index < -0.39 is 5.97 Å². The van der Waals surface area contributed by atoms with Crippen LogP contribution in [0.25, 0.3) is 10.8 Å². The van der Waals surface area contributed by atoms with Gasteiger partial charge in [-0.3, -0.25) is 14.4 Å². The van der Waals surface area contributed by atoms with Crippen LogP contribution in [0.3, 0.4) is 0 Å². The Labute approximate surface area is 235 Å². The number of carbonyl (C=O) groups excluding carboxylic acids is 2. The molecule has 6 rings (SSSR count). The van der Waals surface area contributed by atoms with Gasteiger partial charge in [-0.25, -0.2) is 0 Å². The summed E-state index contributed by atoms with van der Waals surface area (Å²) >= 11 is 0. The molecule has 3 aliphatic carbocycles. The van der Waals surface area contributed by atoms with E-state index in [4.69, 9.17) is 9.84 Å². The molecule has 3 fully saturated rings. The molecule has 4 aliphatic rings. The van der Waals surface area contributed by atoms with Crippen LogP contribution in [0.5, 0.6) is 5.75 Å². The maximum Gasteiger partial charge on any atom is 0.303 e. The molecule has 3 N–H and O–H groups in total. The fraction of sp³-hybridized carbons (Fsp3) is 0.545. The molecule has 3 saturated carbocycles. The van der Waals surface area contributed by atoms with E-state index >= 15 is 0 Å². The smallest absolute Gasteiger partial charge is 0.303 e. The van der Waals surface area contributed by atoms with Crippen LogP contribution in [0.1, 0.15) is 65.2 Å². The second-order valence-electron chi connectivity index (χ2n) is 12.9. The van der Waals surface area contributed by atoms with Crippen LogP contribution >= 0.6 is 0 Å². The summed E-state index contributed by atoms with van der Waals surface area (Å²) in [5, 5.41) is 17.2. The molecule has 0 saturated heterocycles. The lowest BCUT2D eigenvalue weighted by atomic mass is 9.48. The van der Waals surface area contributed by atoms with Gasteiger partial charge in [0.05, 0.1) is 6.61 Å². The van der Waals surface area contributed by atoms with Crippen molar-refractivity contribution >= 4 is 34.2 Å². The van der Waals surface area contributed by atoms with Crippen molar-refractivity contribution in [2.75, 3.05) is 11.9 Å². The van der Waals surface area contributed by atoms with Crippen LogP contribution in [0, 0.1) is 34.5 Å². The van der Waals surface area contributed by atoms with Gasteiger partial charge in [-0.15, -0.1) is 0 Å². The van der Waals surface area contributed by atoms with Gasteiger partial charge in [-0.05, 0) is 86.3 Å². The molecule has 0 unspecified atom stereocenters. The highest BCUT2D eigenvalue weighted by atomic mass is 16.5. The minimum atomic E-state index is -0.830. The Morgan fingerprint density at radius 3 is 2.65 bits per heavy atom.